The van der Waals surface area contributed by atoms with Crippen LogP contribution in [0.1, 0.15) is 31.9 Å². The SMILES string of the molecule is Cc1cc(C=CCNC(=O)OC(C)(C)C)cc([N+](=O)[O-])c1. The average Bonchev–Trinajstić information content (AvgIpc) is 2.31. The molecule has 1 aromatic rings. The average molecular weight is 292 g/mol. The zero-order valence-electron chi connectivity index (χ0n) is 12.7. The summed E-state index contributed by atoms with van der Waals surface area (Å²) < 4.78 is 5.09. The maximum absolute atomic E-state index is 11.4. The molecule has 6 nitrogen and oxygen atoms in total. The quantitative estimate of drug-likeness (QED) is 0.680. The van der Waals surface area contributed by atoms with Crippen LogP contribution < -0.4 is 5.32 Å². The van der Waals surface area contributed by atoms with Gasteiger partial charge in [-0.3, -0.25) is 10.1 Å². The Morgan fingerprint density at radius 3 is 2.62 bits per heavy atom. The number of carbonyl (C=O) groups excluding carboxylic acids is 1. The third-order valence-electron chi connectivity index (χ3n) is 2.37. The van der Waals surface area contributed by atoms with Gasteiger partial charge >= 0.3 is 6.09 Å². The third-order valence-corrected chi connectivity index (χ3v) is 2.37. The molecule has 0 aliphatic carbocycles. The number of ether oxygens (including phenoxy) is 1. The molecule has 0 spiro atoms. The highest BCUT2D eigenvalue weighted by Crippen LogP contribution is 2.17. The van der Waals surface area contributed by atoms with Crippen LogP contribution in [0.25, 0.3) is 6.08 Å². The lowest BCUT2D eigenvalue weighted by molar-refractivity contribution is -0.384. The molecule has 0 radical (unpaired) electrons. The van der Waals surface area contributed by atoms with Crippen LogP contribution in [-0.2, 0) is 4.74 Å². The highest BCUT2D eigenvalue weighted by Gasteiger charge is 2.15. The second-order valence-corrected chi connectivity index (χ2v) is 5.64. The van der Waals surface area contributed by atoms with Gasteiger partial charge in [-0.1, -0.05) is 18.2 Å². The summed E-state index contributed by atoms with van der Waals surface area (Å²) in [5.41, 5.74) is 1.04. The van der Waals surface area contributed by atoms with Gasteiger partial charge in [0.1, 0.15) is 5.60 Å². The van der Waals surface area contributed by atoms with Crippen LogP contribution in [0, 0.1) is 17.0 Å². The van der Waals surface area contributed by atoms with Gasteiger partial charge in [-0.25, -0.2) is 4.79 Å². The van der Waals surface area contributed by atoms with E-state index in [1.54, 1.807) is 39.8 Å². The van der Waals surface area contributed by atoms with Crippen LogP contribution in [0.3, 0.4) is 0 Å². The van der Waals surface area contributed by atoms with Crippen molar-refractivity contribution in [2.24, 2.45) is 0 Å². The molecule has 0 aliphatic rings. The first-order chi connectivity index (χ1) is 9.67. The summed E-state index contributed by atoms with van der Waals surface area (Å²) in [6.07, 6.45) is 2.93. The zero-order valence-corrected chi connectivity index (χ0v) is 12.7. The predicted octanol–water partition coefficient (Wildman–Crippen LogP) is 3.44. The van der Waals surface area contributed by atoms with E-state index in [0.29, 0.717) is 5.56 Å². The Morgan fingerprint density at radius 2 is 2.05 bits per heavy atom. The summed E-state index contributed by atoms with van der Waals surface area (Å²) in [5, 5.41) is 13.3. The third kappa shape index (κ3) is 6.56. The Balaban J connectivity index is 2.58. The lowest BCUT2D eigenvalue weighted by Gasteiger charge is -2.19. The van der Waals surface area contributed by atoms with E-state index in [1.807, 2.05) is 6.07 Å². The molecule has 0 atom stereocenters. The Hall–Kier alpha value is -2.37. The fourth-order valence-corrected chi connectivity index (χ4v) is 1.64. The van der Waals surface area contributed by atoms with Gasteiger partial charge < -0.3 is 10.1 Å². The van der Waals surface area contributed by atoms with Crippen LogP contribution in [0.15, 0.2) is 24.3 Å². The first-order valence-electron chi connectivity index (χ1n) is 6.57. The summed E-state index contributed by atoms with van der Waals surface area (Å²) in [4.78, 5) is 21.7. The second kappa shape index (κ2) is 6.88. The normalized spacial score (nSPS) is 11.4. The first-order valence-corrected chi connectivity index (χ1v) is 6.57. The Labute approximate surface area is 124 Å². The minimum Gasteiger partial charge on any atom is -0.444 e. The van der Waals surface area contributed by atoms with Crippen LogP contribution in [0.5, 0.6) is 0 Å². The molecule has 6 heteroatoms. The van der Waals surface area contributed by atoms with E-state index >= 15 is 0 Å². The number of aryl methyl sites for hydroxylation is 1. The summed E-state index contributed by atoms with van der Waals surface area (Å²) in [5.74, 6) is 0. The summed E-state index contributed by atoms with van der Waals surface area (Å²) in [7, 11) is 0. The highest BCUT2D eigenvalue weighted by atomic mass is 16.6. The molecule has 0 aromatic heterocycles. The van der Waals surface area contributed by atoms with E-state index < -0.39 is 16.6 Å². The molecule has 1 N–H and O–H groups in total. The lowest BCUT2D eigenvalue weighted by atomic mass is 10.1. The van der Waals surface area contributed by atoms with E-state index in [2.05, 4.69) is 5.32 Å². The van der Waals surface area contributed by atoms with Gasteiger partial charge in [0.05, 0.1) is 4.92 Å². The number of alkyl carbamates (subject to hydrolysis) is 1. The molecule has 0 heterocycles. The second-order valence-electron chi connectivity index (χ2n) is 5.64. The zero-order chi connectivity index (χ0) is 16.0. The Morgan fingerprint density at radius 1 is 1.38 bits per heavy atom. The van der Waals surface area contributed by atoms with Crippen LogP contribution >= 0.6 is 0 Å². The van der Waals surface area contributed by atoms with Gasteiger partial charge in [0.15, 0.2) is 0 Å². The number of nitro groups is 1. The lowest BCUT2D eigenvalue weighted by Crippen LogP contribution is -2.32. The van der Waals surface area contributed by atoms with Gasteiger partial charge in [0.2, 0.25) is 0 Å². The number of nitro benzene ring substituents is 1. The Bertz CT molecular complexity index is 559. The number of rotatable bonds is 4. The van der Waals surface area contributed by atoms with Crippen LogP contribution in [-0.4, -0.2) is 23.2 Å². The molecule has 0 aliphatic heterocycles. The molecule has 21 heavy (non-hydrogen) atoms. The van der Waals surface area contributed by atoms with E-state index in [1.165, 1.54) is 12.1 Å². The predicted molar refractivity (Wildman–Crippen MR) is 81.1 cm³/mol. The molecule has 1 amide bonds. The smallest absolute Gasteiger partial charge is 0.407 e. The largest absolute Gasteiger partial charge is 0.444 e. The molecule has 114 valence electrons. The number of nitrogens with zero attached hydrogens (tertiary/aromatic N) is 1. The van der Waals surface area contributed by atoms with E-state index in [-0.39, 0.29) is 12.2 Å². The maximum Gasteiger partial charge on any atom is 0.407 e. The minimum absolute atomic E-state index is 0.0507. The van der Waals surface area contributed by atoms with Crippen LogP contribution in [0.2, 0.25) is 0 Å². The molecule has 0 saturated carbocycles. The summed E-state index contributed by atoms with van der Waals surface area (Å²) >= 11 is 0. The van der Waals surface area contributed by atoms with Crippen molar-refractivity contribution in [3.63, 3.8) is 0 Å². The number of non-ortho nitro benzene ring substituents is 1. The molecular weight excluding hydrogens is 272 g/mol. The van der Waals surface area contributed by atoms with Crippen molar-refractivity contribution in [1.29, 1.82) is 0 Å². The standard InChI is InChI=1S/C15H20N2O4/c1-11-8-12(10-13(9-11)17(19)20)6-5-7-16-14(18)21-15(2,3)4/h5-6,8-10H,7H2,1-4H3,(H,16,18). The van der Waals surface area contributed by atoms with Gasteiger partial charge in [0.25, 0.3) is 5.69 Å². The fraction of sp³-hybridized carbons (Fsp3) is 0.400. The fourth-order valence-electron chi connectivity index (χ4n) is 1.64. The van der Waals surface area contributed by atoms with Crippen molar-refractivity contribution in [3.8, 4) is 0 Å². The molecule has 0 bridgehead atoms. The van der Waals surface area contributed by atoms with Crippen molar-refractivity contribution in [2.45, 2.75) is 33.3 Å². The highest BCUT2D eigenvalue weighted by molar-refractivity contribution is 5.68. The minimum atomic E-state index is -0.537. The number of carbonyl (C=O) groups is 1. The molecule has 0 unspecified atom stereocenters. The van der Waals surface area contributed by atoms with E-state index in [9.17, 15) is 14.9 Å². The van der Waals surface area contributed by atoms with Gasteiger partial charge in [-0.2, -0.15) is 0 Å². The number of benzene rings is 1. The molecule has 1 aromatic carbocycles. The van der Waals surface area contributed by atoms with E-state index in [0.717, 1.165) is 5.56 Å². The van der Waals surface area contributed by atoms with Crippen molar-refractivity contribution < 1.29 is 14.5 Å². The van der Waals surface area contributed by atoms with Crippen molar-refractivity contribution in [2.75, 3.05) is 6.54 Å². The van der Waals surface area contributed by atoms with Crippen LogP contribution in [0.4, 0.5) is 10.5 Å². The van der Waals surface area contributed by atoms with Gasteiger partial charge in [0, 0.05) is 18.7 Å². The number of hydrogen-bond donors (Lipinski definition) is 1. The molecule has 0 saturated heterocycles. The summed E-state index contributed by atoms with van der Waals surface area (Å²) in [6, 6.07) is 4.82. The molecule has 1 rings (SSSR count). The monoisotopic (exact) mass is 292 g/mol. The number of amides is 1. The number of hydrogen-bond acceptors (Lipinski definition) is 4. The maximum atomic E-state index is 11.4. The Kier molecular flexibility index (Phi) is 5.46. The van der Waals surface area contributed by atoms with Gasteiger partial charge in [-0.05, 0) is 38.8 Å². The molecular formula is C15H20N2O4. The van der Waals surface area contributed by atoms with E-state index in [4.69, 9.17) is 4.74 Å². The summed E-state index contributed by atoms with van der Waals surface area (Å²) in [6.45, 7) is 7.44. The van der Waals surface area contributed by atoms with Crippen molar-refractivity contribution in [3.05, 3.63) is 45.5 Å². The first kappa shape index (κ1) is 16.7. The van der Waals surface area contributed by atoms with Crippen molar-refractivity contribution >= 4 is 17.9 Å². The van der Waals surface area contributed by atoms with Crippen molar-refractivity contribution in [1.82, 2.24) is 5.32 Å². The van der Waals surface area contributed by atoms with Gasteiger partial charge in [-0.15, -0.1) is 0 Å². The topological polar surface area (TPSA) is 81.5 Å². The number of nitrogens with one attached hydrogen (secondary N) is 1. The molecule has 0 fully saturated rings.